The van der Waals surface area contributed by atoms with Crippen molar-refractivity contribution in [3.05, 3.63) is 46.4 Å². The van der Waals surface area contributed by atoms with Crippen molar-refractivity contribution in [1.29, 1.82) is 0 Å². The van der Waals surface area contributed by atoms with E-state index in [0.717, 1.165) is 54.6 Å². The molecule has 25 heavy (non-hydrogen) atoms. The summed E-state index contributed by atoms with van der Waals surface area (Å²) >= 11 is 6.30. The van der Waals surface area contributed by atoms with E-state index in [1.165, 1.54) is 11.3 Å². The van der Waals surface area contributed by atoms with Crippen molar-refractivity contribution in [2.75, 3.05) is 33.2 Å². The van der Waals surface area contributed by atoms with E-state index in [4.69, 9.17) is 21.0 Å². The fourth-order valence-electron chi connectivity index (χ4n) is 3.78. The second-order valence-electron chi connectivity index (χ2n) is 7.16. The average Bonchev–Trinajstić information content (AvgIpc) is 2.96. The molecule has 0 bridgehead atoms. The van der Waals surface area contributed by atoms with Gasteiger partial charge in [-0.1, -0.05) is 30.7 Å². The second-order valence-corrected chi connectivity index (χ2v) is 7.60. The average molecular weight is 358 g/mol. The molecular formula is C20H24ClN3O. The van der Waals surface area contributed by atoms with E-state index in [9.17, 15) is 0 Å². The first-order valence-corrected chi connectivity index (χ1v) is 9.32. The van der Waals surface area contributed by atoms with Gasteiger partial charge in [0.1, 0.15) is 5.69 Å². The van der Waals surface area contributed by atoms with Crippen LogP contribution in [-0.4, -0.2) is 48.0 Å². The van der Waals surface area contributed by atoms with Crippen LogP contribution in [0.25, 0.3) is 17.0 Å². The number of halogens is 1. The Bertz CT molecular complexity index is 818. The molecule has 0 amide bonds. The van der Waals surface area contributed by atoms with Gasteiger partial charge in [-0.05, 0) is 37.1 Å². The summed E-state index contributed by atoms with van der Waals surface area (Å²) in [6.45, 7) is 8.36. The summed E-state index contributed by atoms with van der Waals surface area (Å²) in [4.78, 5) is 9.56. The molecule has 2 heterocycles. The van der Waals surface area contributed by atoms with E-state index >= 15 is 0 Å². The highest BCUT2D eigenvalue weighted by molar-refractivity contribution is 6.30. The maximum atomic E-state index is 6.30. The number of allylic oxidation sites excluding steroid dienone is 1. The molecule has 1 saturated heterocycles. The van der Waals surface area contributed by atoms with Gasteiger partial charge < -0.3 is 14.2 Å². The van der Waals surface area contributed by atoms with E-state index in [1.807, 2.05) is 19.1 Å². The third-order valence-electron chi connectivity index (χ3n) is 5.28. The number of aryl methyl sites for hydroxylation is 1. The Kier molecular flexibility index (Phi) is 4.34. The summed E-state index contributed by atoms with van der Waals surface area (Å²) in [7, 11) is 2.18. The Morgan fingerprint density at radius 3 is 2.72 bits per heavy atom. The molecule has 4 nitrogen and oxygen atoms in total. The first-order valence-electron chi connectivity index (χ1n) is 8.94. The van der Waals surface area contributed by atoms with Gasteiger partial charge in [0.05, 0.1) is 5.70 Å². The monoisotopic (exact) mass is 357 g/mol. The summed E-state index contributed by atoms with van der Waals surface area (Å²) in [6.07, 6.45) is 3.33. The fraction of sp³-hybridized carbons (Fsp3) is 0.450. The molecule has 1 aliphatic heterocycles. The van der Waals surface area contributed by atoms with Gasteiger partial charge in [0.25, 0.3) is 0 Å². The standard InChI is InChI=1S/C20H24ClN3O/c1-13-4-7-18(24-10-8-23(3)9-11-24)19-20(25-14(2)22-19)17-12-15(21)5-6-16(13)17/h5-7,12-13H,4,8-11H2,1-3H3. The Labute approximate surface area is 154 Å². The lowest BCUT2D eigenvalue weighted by molar-refractivity contribution is 0.206. The van der Waals surface area contributed by atoms with Crippen LogP contribution in [0, 0.1) is 6.92 Å². The van der Waals surface area contributed by atoms with Crippen LogP contribution in [0.4, 0.5) is 0 Å². The van der Waals surface area contributed by atoms with Gasteiger partial charge in [0.15, 0.2) is 11.7 Å². The van der Waals surface area contributed by atoms with Crippen LogP contribution in [0.3, 0.4) is 0 Å². The second kappa shape index (κ2) is 6.50. The van der Waals surface area contributed by atoms with E-state index < -0.39 is 0 Å². The summed E-state index contributed by atoms with van der Waals surface area (Å²) in [5, 5.41) is 0.733. The molecule has 132 valence electrons. The molecular weight excluding hydrogens is 334 g/mol. The highest BCUT2D eigenvalue weighted by Gasteiger charge is 2.28. The van der Waals surface area contributed by atoms with E-state index in [0.29, 0.717) is 11.8 Å². The number of benzene rings is 1. The summed E-state index contributed by atoms with van der Waals surface area (Å²) in [5.41, 5.74) is 4.51. The van der Waals surface area contributed by atoms with Crippen molar-refractivity contribution < 1.29 is 4.42 Å². The van der Waals surface area contributed by atoms with Crippen LogP contribution in [-0.2, 0) is 0 Å². The normalized spacial score (nSPS) is 21.2. The van der Waals surface area contributed by atoms with Crippen molar-refractivity contribution in [2.24, 2.45) is 0 Å². The number of piperazine rings is 1. The third kappa shape index (κ3) is 3.09. The van der Waals surface area contributed by atoms with Crippen molar-refractivity contribution >= 4 is 17.3 Å². The molecule has 2 aliphatic rings. The Morgan fingerprint density at radius 2 is 1.96 bits per heavy atom. The molecule has 1 unspecified atom stereocenters. The number of hydrogen-bond acceptors (Lipinski definition) is 4. The van der Waals surface area contributed by atoms with Gasteiger partial charge in [-0.25, -0.2) is 4.98 Å². The summed E-state index contributed by atoms with van der Waals surface area (Å²) < 4.78 is 6.07. The van der Waals surface area contributed by atoms with Crippen LogP contribution in [0.5, 0.6) is 0 Å². The fourth-order valence-corrected chi connectivity index (χ4v) is 3.95. The van der Waals surface area contributed by atoms with Crippen LogP contribution in [0.1, 0.15) is 36.4 Å². The number of oxazole rings is 1. The Balaban J connectivity index is 1.84. The summed E-state index contributed by atoms with van der Waals surface area (Å²) in [6, 6.07) is 6.11. The minimum atomic E-state index is 0.410. The molecule has 0 saturated carbocycles. The maximum absolute atomic E-state index is 6.30. The molecule has 2 aromatic rings. The number of rotatable bonds is 1. The van der Waals surface area contributed by atoms with Crippen molar-refractivity contribution in [3.63, 3.8) is 0 Å². The van der Waals surface area contributed by atoms with Crippen molar-refractivity contribution in [2.45, 2.75) is 26.2 Å². The SMILES string of the molecule is Cc1nc2c(o1)-c1cc(Cl)ccc1C(C)CC=C2N1CCN(C)CC1. The molecule has 0 spiro atoms. The van der Waals surface area contributed by atoms with E-state index in [1.54, 1.807) is 0 Å². The first kappa shape index (κ1) is 16.7. The highest BCUT2D eigenvalue weighted by atomic mass is 35.5. The first-order chi connectivity index (χ1) is 12.0. The van der Waals surface area contributed by atoms with Crippen molar-refractivity contribution in [3.8, 4) is 11.3 Å². The minimum absolute atomic E-state index is 0.410. The van der Waals surface area contributed by atoms with E-state index in [-0.39, 0.29) is 0 Å². The largest absolute Gasteiger partial charge is 0.440 e. The molecule has 5 heteroatoms. The molecule has 1 aromatic carbocycles. The lowest BCUT2D eigenvalue weighted by Gasteiger charge is -2.36. The predicted molar refractivity (Wildman–Crippen MR) is 102 cm³/mol. The Hall–Kier alpha value is -1.78. The van der Waals surface area contributed by atoms with Crippen LogP contribution in [0.2, 0.25) is 5.02 Å². The zero-order chi connectivity index (χ0) is 17.6. The molecule has 0 radical (unpaired) electrons. The number of nitrogens with zero attached hydrogens (tertiary/aromatic N) is 3. The number of aromatic nitrogens is 1. The van der Waals surface area contributed by atoms with Gasteiger partial charge in [-0.2, -0.15) is 0 Å². The highest BCUT2D eigenvalue weighted by Crippen LogP contribution is 2.41. The van der Waals surface area contributed by atoms with Gasteiger partial charge in [0, 0.05) is 43.7 Å². The zero-order valence-electron chi connectivity index (χ0n) is 15.1. The molecule has 4 rings (SSSR count). The quantitative estimate of drug-likeness (QED) is 0.757. The van der Waals surface area contributed by atoms with Crippen LogP contribution in [0.15, 0.2) is 28.7 Å². The van der Waals surface area contributed by atoms with Crippen LogP contribution < -0.4 is 0 Å². The number of fused-ring (bicyclic) bond motifs is 3. The number of hydrogen-bond donors (Lipinski definition) is 0. The molecule has 1 aromatic heterocycles. The minimum Gasteiger partial charge on any atom is -0.440 e. The van der Waals surface area contributed by atoms with Crippen LogP contribution >= 0.6 is 11.6 Å². The smallest absolute Gasteiger partial charge is 0.192 e. The third-order valence-corrected chi connectivity index (χ3v) is 5.51. The topological polar surface area (TPSA) is 32.5 Å². The maximum Gasteiger partial charge on any atom is 0.192 e. The summed E-state index contributed by atoms with van der Waals surface area (Å²) in [5.74, 6) is 1.96. The van der Waals surface area contributed by atoms with Crippen molar-refractivity contribution in [1.82, 2.24) is 14.8 Å². The molecule has 1 atom stereocenters. The molecule has 1 fully saturated rings. The molecule has 0 N–H and O–H groups in total. The zero-order valence-corrected chi connectivity index (χ0v) is 15.8. The lowest BCUT2D eigenvalue weighted by Crippen LogP contribution is -2.43. The number of likely N-dealkylation sites (N-methyl/N-ethyl adjacent to an activating group) is 1. The predicted octanol–water partition coefficient (Wildman–Crippen LogP) is 4.40. The van der Waals surface area contributed by atoms with Gasteiger partial charge in [-0.3, -0.25) is 0 Å². The van der Waals surface area contributed by atoms with E-state index in [2.05, 4.69) is 35.9 Å². The molecule has 1 aliphatic carbocycles. The Morgan fingerprint density at radius 1 is 1.20 bits per heavy atom. The van der Waals surface area contributed by atoms with Gasteiger partial charge in [0.2, 0.25) is 0 Å². The van der Waals surface area contributed by atoms with Gasteiger partial charge >= 0.3 is 0 Å². The lowest BCUT2D eigenvalue weighted by atomic mass is 9.88. The van der Waals surface area contributed by atoms with Gasteiger partial charge in [-0.15, -0.1) is 0 Å².